The summed E-state index contributed by atoms with van der Waals surface area (Å²) in [6.45, 7) is 7.78. The van der Waals surface area contributed by atoms with Crippen LogP contribution in [-0.2, 0) is 14.3 Å². The van der Waals surface area contributed by atoms with Crippen molar-refractivity contribution in [1.82, 2.24) is 4.90 Å². The molecule has 0 spiro atoms. The molecule has 0 aromatic rings. The van der Waals surface area contributed by atoms with Crippen LogP contribution in [0.3, 0.4) is 0 Å². The summed E-state index contributed by atoms with van der Waals surface area (Å²) in [7, 11) is 0. The SMILES string of the molecule is CCOC(=O)[C@H]1CC[C@@H]2CC[C@H]1N2C(=O)OC(C)(C)C. The molecule has 5 nitrogen and oxygen atoms in total. The van der Waals surface area contributed by atoms with Gasteiger partial charge in [-0.2, -0.15) is 0 Å². The van der Waals surface area contributed by atoms with Crippen LogP contribution < -0.4 is 0 Å². The molecule has 0 radical (unpaired) electrons. The standard InChI is InChI=1S/C15H25NO4/c1-5-19-13(17)11-8-6-10-7-9-12(11)16(10)14(18)20-15(2,3)4/h10-12H,5-9H2,1-4H3/t10-,11+,12-/m1/s1. The van der Waals surface area contributed by atoms with Gasteiger partial charge in [-0.25, -0.2) is 4.79 Å². The molecule has 2 saturated heterocycles. The van der Waals surface area contributed by atoms with E-state index in [2.05, 4.69) is 0 Å². The van der Waals surface area contributed by atoms with Gasteiger partial charge in [0.25, 0.3) is 0 Å². The minimum absolute atomic E-state index is 0.0531. The van der Waals surface area contributed by atoms with E-state index in [1.54, 1.807) is 4.90 Å². The molecule has 2 aliphatic heterocycles. The molecule has 0 unspecified atom stereocenters. The summed E-state index contributed by atoms with van der Waals surface area (Å²) in [5.41, 5.74) is -0.507. The molecule has 0 N–H and O–H groups in total. The highest BCUT2D eigenvalue weighted by molar-refractivity contribution is 5.76. The molecule has 0 aliphatic carbocycles. The lowest BCUT2D eigenvalue weighted by Gasteiger charge is -2.39. The summed E-state index contributed by atoms with van der Waals surface area (Å²) in [5.74, 6) is -0.368. The summed E-state index contributed by atoms with van der Waals surface area (Å²) < 4.78 is 10.6. The van der Waals surface area contributed by atoms with Crippen molar-refractivity contribution in [2.75, 3.05) is 6.61 Å². The number of rotatable bonds is 2. The van der Waals surface area contributed by atoms with Crippen molar-refractivity contribution in [3.05, 3.63) is 0 Å². The Kier molecular flexibility index (Phi) is 4.25. The Morgan fingerprint density at radius 2 is 1.80 bits per heavy atom. The average molecular weight is 283 g/mol. The van der Waals surface area contributed by atoms with Crippen LogP contribution in [0.5, 0.6) is 0 Å². The third-order valence-electron chi connectivity index (χ3n) is 4.02. The summed E-state index contributed by atoms with van der Waals surface area (Å²) >= 11 is 0. The van der Waals surface area contributed by atoms with E-state index in [0.717, 1.165) is 25.7 Å². The minimum Gasteiger partial charge on any atom is -0.466 e. The Labute approximate surface area is 120 Å². The predicted molar refractivity (Wildman–Crippen MR) is 74.2 cm³/mol. The topological polar surface area (TPSA) is 55.8 Å². The van der Waals surface area contributed by atoms with E-state index in [-0.39, 0.29) is 30.1 Å². The number of ether oxygens (including phenoxy) is 2. The summed E-state index contributed by atoms with van der Waals surface area (Å²) in [5, 5.41) is 0. The average Bonchev–Trinajstić information content (AvgIpc) is 2.62. The number of carbonyl (C=O) groups excluding carboxylic acids is 2. The van der Waals surface area contributed by atoms with E-state index in [4.69, 9.17) is 9.47 Å². The molecule has 0 saturated carbocycles. The zero-order valence-corrected chi connectivity index (χ0v) is 12.8. The quantitative estimate of drug-likeness (QED) is 0.731. The van der Waals surface area contributed by atoms with Crippen LogP contribution in [0.25, 0.3) is 0 Å². The van der Waals surface area contributed by atoms with Gasteiger partial charge in [-0.15, -0.1) is 0 Å². The molecule has 20 heavy (non-hydrogen) atoms. The third kappa shape index (κ3) is 3.07. The fourth-order valence-corrected chi connectivity index (χ4v) is 3.28. The Morgan fingerprint density at radius 1 is 1.15 bits per heavy atom. The number of amides is 1. The van der Waals surface area contributed by atoms with Crippen LogP contribution in [-0.4, -0.2) is 41.3 Å². The monoisotopic (exact) mass is 283 g/mol. The molecule has 1 amide bonds. The lowest BCUT2D eigenvalue weighted by Crippen LogP contribution is -2.51. The van der Waals surface area contributed by atoms with Crippen molar-refractivity contribution in [3.8, 4) is 0 Å². The lowest BCUT2D eigenvalue weighted by atomic mass is 9.90. The second-order valence-electron chi connectivity index (χ2n) is 6.62. The van der Waals surface area contributed by atoms with Crippen LogP contribution in [0.2, 0.25) is 0 Å². The van der Waals surface area contributed by atoms with Crippen molar-refractivity contribution >= 4 is 12.1 Å². The highest BCUT2D eigenvalue weighted by Crippen LogP contribution is 2.40. The Balaban J connectivity index is 2.10. The molecule has 0 aromatic carbocycles. The van der Waals surface area contributed by atoms with Gasteiger partial charge in [0.05, 0.1) is 12.5 Å². The molecule has 2 heterocycles. The third-order valence-corrected chi connectivity index (χ3v) is 4.02. The molecule has 5 heteroatoms. The number of carbonyl (C=O) groups is 2. The van der Waals surface area contributed by atoms with Crippen LogP contribution in [0.15, 0.2) is 0 Å². The Bertz CT molecular complexity index is 388. The van der Waals surface area contributed by atoms with Crippen molar-refractivity contribution in [1.29, 1.82) is 0 Å². The van der Waals surface area contributed by atoms with Crippen LogP contribution >= 0.6 is 0 Å². The van der Waals surface area contributed by atoms with Gasteiger partial charge in [-0.3, -0.25) is 4.79 Å². The summed E-state index contributed by atoms with van der Waals surface area (Å²) in [4.78, 5) is 26.2. The van der Waals surface area contributed by atoms with Gasteiger partial charge in [-0.1, -0.05) is 0 Å². The van der Waals surface area contributed by atoms with Crippen LogP contribution in [0, 0.1) is 5.92 Å². The lowest BCUT2D eigenvalue weighted by molar-refractivity contribution is -0.151. The van der Waals surface area contributed by atoms with E-state index in [0.29, 0.717) is 6.61 Å². The normalized spacial score (nSPS) is 29.2. The first-order chi connectivity index (χ1) is 9.33. The number of esters is 1. The van der Waals surface area contributed by atoms with Gasteiger partial charge < -0.3 is 14.4 Å². The second kappa shape index (κ2) is 5.62. The van der Waals surface area contributed by atoms with Crippen LogP contribution in [0.4, 0.5) is 4.79 Å². The molecule has 114 valence electrons. The van der Waals surface area contributed by atoms with Gasteiger partial charge in [0.15, 0.2) is 0 Å². The highest BCUT2D eigenvalue weighted by atomic mass is 16.6. The zero-order chi connectivity index (χ0) is 14.9. The molecule has 2 aliphatic rings. The fraction of sp³-hybridized carbons (Fsp3) is 0.867. The van der Waals surface area contributed by atoms with Crippen molar-refractivity contribution in [2.24, 2.45) is 5.92 Å². The molecule has 2 bridgehead atoms. The van der Waals surface area contributed by atoms with Crippen molar-refractivity contribution in [2.45, 2.75) is 71.1 Å². The first-order valence-electron chi connectivity index (χ1n) is 7.51. The van der Waals surface area contributed by atoms with E-state index in [9.17, 15) is 9.59 Å². The maximum absolute atomic E-state index is 12.4. The number of fused-ring (bicyclic) bond motifs is 2. The maximum Gasteiger partial charge on any atom is 0.410 e. The first-order valence-corrected chi connectivity index (χ1v) is 7.51. The molecule has 2 rings (SSSR count). The van der Waals surface area contributed by atoms with Gasteiger partial charge in [0, 0.05) is 12.1 Å². The Morgan fingerprint density at radius 3 is 2.40 bits per heavy atom. The van der Waals surface area contributed by atoms with E-state index < -0.39 is 5.60 Å². The summed E-state index contributed by atoms with van der Waals surface area (Å²) in [6, 6.07) is 0.170. The van der Waals surface area contributed by atoms with Gasteiger partial charge in [0.1, 0.15) is 5.60 Å². The fourth-order valence-electron chi connectivity index (χ4n) is 3.28. The summed E-state index contributed by atoms with van der Waals surface area (Å²) in [6.07, 6.45) is 3.21. The van der Waals surface area contributed by atoms with E-state index >= 15 is 0 Å². The minimum atomic E-state index is -0.507. The maximum atomic E-state index is 12.4. The van der Waals surface area contributed by atoms with E-state index in [1.165, 1.54) is 0 Å². The predicted octanol–water partition coefficient (Wildman–Crippen LogP) is 2.73. The molecule has 0 aromatic heterocycles. The number of piperidine rings is 1. The molecule has 3 atom stereocenters. The van der Waals surface area contributed by atoms with Crippen molar-refractivity contribution in [3.63, 3.8) is 0 Å². The molecular weight excluding hydrogens is 258 g/mol. The highest BCUT2D eigenvalue weighted by Gasteiger charge is 2.49. The Hall–Kier alpha value is -1.26. The molecule has 2 fully saturated rings. The van der Waals surface area contributed by atoms with E-state index in [1.807, 2.05) is 27.7 Å². The number of nitrogens with zero attached hydrogens (tertiary/aromatic N) is 1. The smallest absolute Gasteiger partial charge is 0.410 e. The van der Waals surface area contributed by atoms with Crippen LogP contribution in [0.1, 0.15) is 53.4 Å². The van der Waals surface area contributed by atoms with Gasteiger partial charge in [0.2, 0.25) is 0 Å². The second-order valence-corrected chi connectivity index (χ2v) is 6.62. The largest absolute Gasteiger partial charge is 0.466 e. The zero-order valence-electron chi connectivity index (χ0n) is 12.8. The number of hydrogen-bond acceptors (Lipinski definition) is 4. The van der Waals surface area contributed by atoms with Gasteiger partial charge >= 0.3 is 12.1 Å². The van der Waals surface area contributed by atoms with Crippen molar-refractivity contribution < 1.29 is 19.1 Å². The van der Waals surface area contributed by atoms with Gasteiger partial charge in [-0.05, 0) is 53.4 Å². The first kappa shape index (κ1) is 15.1. The molecular formula is C15H25NO4. The number of hydrogen-bond donors (Lipinski definition) is 0.